The Morgan fingerprint density at radius 1 is 0.930 bits per heavy atom. The van der Waals surface area contributed by atoms with Gasteiger partial charge in [-0.05, 0) is 54.1 Å². The van der Waals surface area contributed by atoms with Gasteiger partial charge in [0.25, 0.3) is 5.91 Å². The Labute approximate surface area is 239 Å². The van der Waals surface area contributed by atoms with Gasteiger partial charge in [0.05, 0.1) is 37.7 Å². The Morgan fingerprint density at radius 2 is 1.58 bits per heavy atom. The zero-order valence-corrected chi connectivity index (χ0v) is 22.1. The van der Waals surface area contributed by atoms with Crippen LogP contribution in [0.15, 0.2) is 54.6 Å². The van der Waals surface area contributed by atoms with E-state index in [4.69, 9.17) is 19.3 Å². The van der Waals surface area contributed by atoms with Crippen LogP contribution in [0.25, 0.3) is 0 Å². The molecule has 0 atom stereocenters. The number of halogens is 6. The number of nitrogens with one attached hydrogen (secondary N) is 1. The van der Waals surface area contributed by atoms with Gasteiger partial charge in [-0.25, -0.2) is 4.79 Å². The van der Waals surface area contributed by atoms with Crippen molar-refractivity contribution in [2.75, 3.05) is 25.6 Å². The number of alkyl halides is 6. The van der Waals surface area contributed by atoms with Crippen molar-refractivity contribution >= 4 is 23.7 Å². The molecule has 43 heavy (non-hydrogen) atoms. The number of amides is 2. The first kappa shape index (κ1) is 31.0. The van der Waals surface area contributed by atoms with Gasteiger partial charge in [0, 0.05) is 16.8 Å². The fourth-order valence-corrected chi connectivity index (χ4v) is 4.15. The smallest absolute Gasteiger partial charge is 0.416 e. The highest BCUT2D eigenvalue weighted by atomic mass is 19.4. The van der Waals surface area contributed by atoms with Gasteiger partial charge < -0.3 is 29.5 Å². The Bertz CT molecular complexity index is 1520. The number of hydrogen-bond acceptors (Lipinski definition) is 6. The zero-order valence-electron chi connectivity index (χ0n) is 22.1. The van der Waals surface area contributed by atoms with Gasteiger partial charge >= 0.3 is 24.4 Å². The molecule has 1 aliphatic heterocycles. The third-order valence-corrected chi connectivity index (χ3v) is 6.18. The molecule has 0 radical (unpaired) electrons. The molecule has 9 nitrogen and oxygen atoms in total. The molecule has 2 N–H and O–H groups in total. The molecular weight excluding hydrogens is 590 g/mol. The Balaban J connectivity index is 1.69. The molecule has 4 rings (SSSR count). The Kier molecular flexibility index (Phi) is 8.73. The van der Waals surface area contributed by atoms with Crippen molar-refractivity contribution < 1.29 is 60.0 Å². The van der Waals surface area contributed by atoms with Gasteiger partial charge in [-0.2, -0.15) is 26.3 Å². The number of rotatable bonds is 9. The summed E-state index contributed by atoms with van der Waals surface area (Å²) in [5, 5.41) is 11.4. The quantitative estimate of drug-likeness (QED) is 0.271. The van der Waals surface area contributed by atoms with Crippen LogP contribution in [0, 0.1) is 0 Å². The standard InChI is InChI=1S/C28H22F6N2O7/c1-41-22-4-2-15(9-24(37)38)8-23(22)43-21-5-3-20(12-17(21)14-36-6-7-42-26(36)40)35-25(39)16-10-18(27(29,30)31)13-19(11-16)28(32,33)34/h2-5,8,10-13H,6-7,9,14H2,1H3,(H,35,39)(H,37,38). The van der Waals surface area contributed by atoms with Crippen LogP contribution >= 0.6 is 0 Å². The molecule has 228 valence electrons. The SMILES string of the molecule is COc1ccc(CC(=O)O)cc1Oc1ccc(NC(=O)c2cc(C(F)(F)F)cc(C(F)(F)F)c2)cc1CN1CCOC1=O. The van der Waals surface area contributed by atoms with E-state index in [0.717, 1.165) is 0 Å². The summed E-state index contributed by atoms with van der Waals surface area (Å²) in [5.74, 6) is -1.86. The van der Waals surface area contributed by atoms with Crippen molar-refractivity contribution in [3.63, 3.8) is 0 Å². The van der Waals surface area contributed by atoms with E-state index in [1.54, 1.807) is 0 Å². The van der Waals surface area contributed by atoms with E-state index in [0.29, 0.717) is 17.7 Å². The van der Waals surface area contributed by atoms with Crippen LogP contribution in [-0.4, -0.2) is 48.2 Å². The highest BCUT2D eigenvalue weighted by Crippen LogP contribution is 2.38. The van der Waals surface area contributed by atoms with Crippen molar-refractivity contribution in [1.82, 2.24) is 4.90 Å². The van der Waals surface area contributed by atoms with E-state index in [-0.39, 0.29) is 60.7 Å². The number of carboxylic acids is 1. The minimum atomic E-state index is -5.14. The number of anilines is 1. The van der Waals surface area contributed by atoms with Crippen LogP contribution in [0.1, 0.15) is 32.6 Å². The number of ether oxygens (including phenoxy) is 3. The fourth-order valence-electron chi connectivity index (χ4n) is 4.15. The molecule has 0 bridgehead atoms. The number of carboxylic acid groups (broad SMARTS) is 1. The number of benzene rings is 3. The maximum Gasteiger partial charge on any atom is 0.416 e. The summed E-state index contributed by atoms with van der Waals surface area (Å²) in [4.78, 5) is 37.4. The third kappa shape index (κ3) is 7.67. The van der Waals surface area contributed by atoms with E-state index < -0.39 is 47.0 Å². The molecule has 3 aromatic rings. The first-order valence-corrected chi connectivity index (χ1v) is 12.4. The van der Waals surface area contributed by atoms with Gasteiger partial charge in [0.15, 0.2) is 11.5 Å². The maximum atomic E-state index is 13.3. The molecule has 0 unspecified atom stereocenters. The van der Waals surface area contributed by atoms with Crippen LogP contribution < -0.4 is 14.8 Å². The molecule has 3 aromatic carbocycles. The number of aliphatic carboxylic acids is 1. The van der Waals surface area contributed by atoms with E-state index in [9.17, 15) is 40.7 Å². The van der Waals surface area contributed by atoms with E-state index in [1.165, 1.54) is 48.4 Å². The summed E-state index contributed by atoms with van der Waals surface area (Å²) in [6, 6.07) is 8.93. The fraction of sp³-hybridized carbons (Fsp3) is 0.250. The largest absolute Gasteiger partial charge is 0.493 e. The van der Waals surface area contributed by atoms with Crippen LogP contribution in [-0.2, 0) is 34.8 Å². The lowest BCUT2D eigenvalue weighted by Crippen LogP contribution is -2.24. The topological polar surface area (TPSA) is 114 Å². The number of cyclic esters (lactones) is 1. The van der Waals surface area contributed by atoms with Gasteiger partial charge in [-0.1, -0.05) is 6.07 Å². The molecule has 0 spiro atoms. The van der Waals surface area contributed by atoms with Crippen LogP contribution in [0.5, 0.6) is 17.2 Å². The zero-order chi connectivity index (χ0) is 31.5. The lowest BCUT2D eigenvalue weighted by molar-refractivity contribution is -0.143. The second kappa shape index (κ2) is 12.1. The summed E-state index contributed by atoms with van der Waals surface area (Å²) in [5.41, 5.74) is -3.56. The number of carbonyl (C=O) groups excluding carboxylic acids is 2. The summed E-state index contributed by atoms with van der Waals surface area (Å²) in [7, 11) is 1.36. The number of carbonyl (C=O) groups is 3. The number of hydrogen-bond donors (Lipinski definition) is 2. The molecule has 0 saturated carbocycles. The first-order valence-electron chi connectivity index (χ1n) is 12.4. The van der Waals surface area contributed by atoms with E-state index in [2.05, 4.69) is 5.32 Å². The maximum absolute atomic E-state index is 13.3. The predicted molar refractivity (Wildman–Crippen MR) is 137 cm³/mol. The molecular formula is C28H22F6N2O7. The van der Waals surface area contributed by atoms with E-state index in [1.807, 2.05) is 0 Å². The van der Waals surface area contributed by atoms with Crippen LogP contribution in [0.2, 0.25) is 0 Å². The molecule has 1 fully saturated rings. The monoisotopic (exact) mass is 612 g/mol. The summed E-state index contributed by atoms with van der Waals surface area (Å²) in [6.45, 7) is 0.196. The Morgan fingerprint density at radius 3 is 2.14 bits per heavy atom. The van der Waals surface area contributed by atoms with Crippen LogP contribution in [0.3, 0.4) is 0 Å². The van der Waals surface area contributed by atoms with Gasteiger partial charge in [0.2, 0.25) is 0 Å². The molecule has 0 aromatic heterocycles. The molecule has 15 heteroatoms. The summed E-state index contributed by atoms with van der Waals surface area (Å²) in [6.07, 6.45) is -11.3. The molecule has 1 saturated heterocycles. The average molecular weight is 612 g/mol. The van der Waals surface area contributed by atoms with Gasteiger partial charge in [-0.15, -0.1) is 0 Å². The number of methoxy groups -OCH3 is 1. The van der Waals surface area contributed by atoms with Crippen molar-refractivity contribution in [2.24, 2.45) is 0 Å². The second-order valence-corrected chi connectivity index (χ2v) is 9.26. The van der Waals surface area contributed by atoms with Crippen molar-refractivity contribution in [1.29, 1.82) is 0 Å². The number of nitrogens with zero attached hydrogens (tertiary/aromatic N) is 1. The molecule has 0 aliphatic carbocycles. The Hall–Kier alpha value is -4.95. The molecule has 1 aliphatic rings. The average Bonchev–Trinajstić information content (AvgIpc) is 3.32. The normalized spacial score (nSPS) is 13.5. The minimum absolute atomic E-state index is 0.0301. The highest BCUT2D eigenvalue weighted by Gasteiger charge is 2.37. The third-order valence-electron chi connectivity index (χ3n) is 6.18. The highest BCUT2D eigenvalue weighted by molar-refractivity contribution is 6.04. The van der Waals surface area contributed by atoms with Crippen molar-refractivity contribution in [3.05, 3.63) is 82.4 Å². The molecule has 1 heterocycles. The van der Waals surface area contributed by atoms with E-state index >= 15 is 0 Å². The van der Waals surface area contributed by atoms with Crippen molar-refractivity contribution in [2.45, 2.75) is 25.3 Å². The second-order valence-electron chi connectivity index (χ2n) is 9.26. The summed E-state index contributed by atoms with van der Waals surface area (Å²) < 4.78 is 95.9. The van der Waals surface area contributed by atoms with Crippen LogP contribution in [0.4, 0.5) is 36.8 Å². The predicted octanol–water partition coefficient (Wildman–Crippen LogP) is 6.36. The van der Waals surface area contributed by atoms with Crippen molar-refractivity contribution in [3.8, 4) is 17.2 Å². The lowest BCUT2D eigenvalue weighted by atomic mass is 10.0. The van der Waals surface area contributed by atoms with Gasteiger partial charge in [-0.3, -0.25) is 9.59 Å². The first-order chi connectivity index (χ1) is 20.1. The molecule has 2 amide bonds. The minimum Gasteiger partial charge on any atom is -0.493 e. The lowest BCUT2D eigenvalue weighted by Gasteiger charge is -2.19. The van der Waals surface area contributed by atoms with Gasteiger partial charge in [0.1, 0.15) is 12.4 Å². The summed E-state index contributed by atoms with van der Waals surface area (Å²) >= 11 is 0.